The maximum Gasteiger partial charge on any atom is 0.419 e. The lowest BCUT2D eigenvalue weighted by molar-refractivity contribution is 0.166. The summed E-state index contributed by atoms with van der Waals surface area (Å²) >= 11 is 3.66. The molecule has 0 aromatic heterocycles. The van der Waals surface area contributed by atoms with Gasteiger partial charge in [-0.05, 0) is 30.9 Å². The summed E-state index contributed by atoms with van der Waals surface area (Å²) in [6.07, 6.45) is 3.37. The van der Waals surface area contributed by atoms with Crippen molar-refractivity contribution in [2.75, 3.05) is 33.4 Å². The SMILES string of the molecule is CCCCN(CCOC)B(OCCC)c1ccccc1Br. The van der Waals surface area contributed by atoms with E-state index in [2.05, 4.69) is 52.8 Å². The maximum absolute atomic E-state index is 6.15. The summed E-state index contributed by atoms with van der Waals surface area (Å²) in [5.41, 5.74) is 1.19. The number of unbranched alkanes of at least 4 members (excludes halogenated alkanes) is 1. The van der Waals surface area contributed by atoms with Crippen LogP contribution in [-0.2, 0) is 9.39 Å². The van der Waals surface area contributed by atoms with Crippen LogP contribution in [0.4, 0.5) is 0 Å². The molecule has 0 fully saturated rings. The van der Waals surface area contributed by atoms with Gasteiger partial charge < -0.3 is 14.2 Å². The second kappa shape index (κ2) is 11.2. The van der Waals surface area contributed by atoms with E-state index in [1.54, 1.807) is 7.11 Å². The second-order valence-electron chi connectivity index (χ2n) is 5.13. The van der Waals surface area contributed by atoms with Gasteiger partial charge in [0.2, 0.25) is 0 Å². The summed E-state index contributed by atoms with van der Waals surface area (Å²) in [5.74, 6) is 0. The fraction of sp³-hybridized carbons (Fsp3) is 0.625. The highest BCUT2D eigenvalue weighted by atomic mass is 79.9. The van der Waals surface area contributed by atoms with Gasteiger partial charge in [0.25, 0.3) is 0 Å². The minimum absolute atomic E-state index is 0.0118. The molecule has 0 unspecified atom stereocenters. The van der Waals surface area contributed by atoms with Crippen molar-refractivity contribution in [3.63, 3.8) is 0 Å². The molecule has 0 amide bonds. The van der Waals surface area contributed by atoms with Crippen LogP contribution in [-0.4, -0.2) is 45.3 Å². The molecule has 0 saturated carbocycles. The zero-order chi connectivity index (χ0) is 15.5. The maximum atomic E-state index is 6.15. The highest BCUT2D eigenvalue weighted by Crippen LogP contribution is 2.11. The Hall–Kier alpha value is -0.355. The minimum Gasteiger partial charge on any atom is -0.418 e. The van der Waals surface area contributed by atoms with E-state index >= 15 is 0 Å². The molecule has 0 spiro atoms. The van der Waals surface area contributed by atoms with Gasteiger partial charge in [-0.25, -0.2) is 0 Å². The van der Waals surface area contributed by atoms with E-state index < -0.39 is 0 Å². The van der Waals surface area contributed by atoms with E-state index in [1.165, 1.54) is 18.3 Å². The van der Waals surface area contributed by atoms with E-state index in [-0.39, 0.29) is 7.05 Å². The molecule has 118 valence electrons. The number of rotatable bonds is 11. The Morgan fingerprint density at radius 1 is 1.10 bits per heavy atom. The summed E-state index contributed by atoms with van der Waals surface area (Å²) in [7, 11) is 1.74. The third-order valence-electron chi connectivity index (χ3n) is 3.36. The van der Waals surface area contributed by atoms with Gasteiger partial charge in [0, 0.05) is 24.7 Å². The van der Waals surface area contributed by atoms with Gasteiger partial charge in [-0.3, -0.25) is 0 Å². The van der Waals surface area contributed by atoms with E-state index in [0.717, 1.165) is 37.2 Å². The number of methoxy groups -OCH3 is 1. The number of hydrogen-bond acceptors (Lipinski definition) is 3. The van der Waals surface area contributed by atoms with Crippen LogP contribution in [0.1, 0.15) is 33.1 Å². The first-order chi connectivity index (χ1) is 10.2. The highest BCUT2D eigenvalue weighted by molar-refractivity contribution is 9.10. The zero-order valence-electron chi connectivity index (χ0n) is 13.5. The summed E-state index contributed by atoms with van der Waals surface area (Å²) in [6, 6.07) is 8.31. The molecule has 3 nitrogen and oxygen atoms in total. The molecular weight excluding hydrogens is 329 g/mol. The van der Waals surface area contributed by atoms with Crippen molar-refractivity contribution in [2.24, 2.45) is 0 Å². The first kappa shape index (κ1) is 18.7. The molecule has 0 aliphatic heterocycles. The van der Waals surface area contributed by atoms with E-state index in [0.29, 0.717) is 0 Å². The molecule has 0 heterocycles. The van der Waals surface area contributed by atoms with Crippen molar-refractivity contribution in [1.29, 1.82) is 0 Å². The molecule has 0 aliphatic rings. The van der Waals surface area contributed by atoms with Crippen LogP contribution >= 0.6 is 15.9 Å². The number of benzene rings is 1. The van der Waals surface area contributed by atoms with E-state index in [4.69, 9.17) is 9.39 Å². The quantitative estimate of drug-likeness (QED) is 0.568. The average molecular weight is 356 g/mol. The van der Waals surface area contributed by atoms with Crippen molar-refractivity contribution in [2.45, 2.75) is 33.1 Å². The van der Waals surface area contributed by atoms with Crippen LogP contribution in [0.5, 0.6) is 0 Å². The Bertz CT molecular complexity index is 384. The van der Waals surface area contributed by atoms with Gasteiger partial charge >= 0.3 is 7.05 Å². The number of nitrogens with zero attached hydrogens (tertiary/aromatic N) is 1. The van der Waals surface area contributed by atoms with Crippen molar-refractivity contribution in [3.05, 3.63) is 28.7 Å². The van der Waals surface area contributed by atoms with Gasteiger partial charge in [-0.2, -0.15) is 0 Å². The first-order valence-electron chi connectivity index (χ1n) is 7.83. The van der Waals surface area contributed by atoms with Crippen LogP contribution in [0.3, 0.4) is 0 Å². The molecule has 0 saturated heterocycles. The molecule has 5 heteroatoms. The normalized spacial score (nSPS) is 11.1. The lowest BCUT2D eigenvalue weighted by Gasteiger charge is -2.29. The summed E-state index contributed by atoms with van der Waals surface area (Å²) < 4.78 is 12.5. The third-order valence-corrected chi connectivity index (χ3v) is 4.09. The van der Waals surface area contributed by atoms with Gasteiger partial charge in [0.1, 0.15) is 0 Å². The topological polar surface area (TPSA) is 21.7 Å². The Morgan fingerprint density at radius 3 is 2.48 bits per heavy atom. The minimum atomic E-state index is -0.0118. The Balaban J connectivity index is 2.92. The zero-order valence-corrected chi connectivity index (χ0v) is 15.1. The predicted octanol–water partition coefficient (Wildman–Crippen LogP) is 3.32. The van der Waals surface area contributed by atoms with Gasteiger partial charge in [0.15, 0.2) is 0 Å². The van der Waals surface area contributed by atoms with Gasteiger partial charge in [-0.15, -0.1) is 0 Å². The van der Waals surface area contributed by atoms with Gasteiger partial charge in [0.05, 0.1) is 6.61 Å². The molecule has 0 aliphatic carbocycles. The highest BCUT2D eigenvalue weighted by Gasteiger charge is 2.28. The smallest absolute Gasteiger partial charge is 0.418 e. The van der Waals surface area contributed by atoms with Crippen molar-refractivity contribution in [3.8, 4) is 0 Å². The number of halogens is 1. The lowest BCUT2D eigenvalue weighted by Crippen LogP contribution is -2.52. The van der Waals surface area contributed by atoms with Gasteiger partial charge in [-0.1, -0.05) is 54.4 Å². The standard InChI is InChI=1S/C16H27BBrNO2/c1-4-6-11-19(12-14-20-3)17(21-13-5-2)15-9-7-8-10-16(15)18/h7-10H,4-6,11-14H2,1-3H3. The molecule has 21 heavy (non-hydrogen) atoms. The molecule has 1 aromatic carbocycles. The Morgan fingerprint density at radius 2 is 1.86 bits per heavy atom. The summed E-state index contributed by atoms with van der Waals surface area (Å²) in [6.45, 7) is 7.75. The third kappa shape index (κ3) is 6.51. The van der Waals surface area contributed by atoms with Crippen LogP contribution in [0, 0.1) is 0 Å². The predicted molar refractivity (Wildman–Crippen MR) is 94.1 cm³/mol. The summed E-state index contributed by atoms with van der Waals surface area (Å²) in [5, 5.41) is 0. The molecular formula is C16H27BBrNO2. The van der Waals surface area contributed by atoms with Crippen LogP contribution in [0.15, 0.2) is 28.7 Å². The lowest BCUT2D eigenvalue weighted by atomic mass is 9.70. The molecule has 0 atom stereocenters. The van der Waals surface area contributed by atoms with E-state index in [1.807, 2.05) is 6.07 Å². The number of ether oxygens (including phenoxy) is 1. The molecule has 0 bridgehead atoms. The van der Waals surface area contributed by atoms with Crippen LogP contribution in [0.2, 0.25) is 0 Å². The fourth-order valence-electron chi connectivity index (χ4n) is 2.21. The number of hydrogen-bond donors (Lipinski definition) is 0. The molecule has 0 N–H and O–H groups in total. The van der Waals surface area contributed by atoms with Crippen molar-refractivity contribution < 1.29 is 9.39 Å². The van der Waals surface area contributed by atoms with Crippen molar-refractivity contribution in [1.82, 2.24) is 4.81 Å². The van der Waals surface area contributed by atoms with Crippen LogP contribution < -0.4 is 5.46 Å². The molecule has 0 radical (unpaired) electrons. The Labute approximate surface area is 138 Å². The van der Waals surface area contributed by atoms with E-state index in [9.17, 15) is 0 Å². The largest absolute Gasteiger partial charge is 0.419 e. The molecule has 1 rings (SSSR count). The summed E-state index contributed by atoms with van der Waals surface area (Å²) in [4.78, 5) is 2.38. The molecule has 1 aromatic rings. The first-order valence-corrected chi connectivity index (χ1v) is 8.62. The van der Waals surface area contributed by atoms with Crippen molar-refractivity contribution >= 4 is 28.4 Å². The average Bonchev–Trinajstić information content (AvgIpc) is 2.50. The van der Waals surface area contributed by atoms with Crippen LogP contribution in [0.25, 0.3) is 0 Å². The second-order valence-corrected chi connectivity index (χ2v) is 5.98. The monoisotopic (exact) mass is 355 g/mol. The fourth-order valence-corrected chi connectivity index (χ4v) is 2.69. The Kier molecular flexibility index (Phi) is 10.0.